The fraction of sp³-hybridized carbons (Fsp3) is 0. The van der Waals surface area contributed by atoms with Crippen molar-refractivity contribution in [1.82, 2.24) is 4.98 Å². The molecule has 0 saturated heterocycles. The molecule has 0 atom stereocenters. The minimum Gasteiger partial charge on any atom is -0.506 e. The molecule has 0 spiro atoms. The van der Waals surface area contributed by atoms with Crippen LogP contribution >= 0.6 is 0 Å². The number of hydrogen-bond acceptors (Lipinski definition) is 3. The third-order valence-electron chi connectivity index (χ3n) is 1.71. The van der Waals surface area contributed by atoms with Crippen LogP contribution in [0.25, 0.3) is 10.9 Å². The van der Waals surface area contributed by atoms with Gasteiger partial charge in [0.25, 0.3) is 0 Å². The summed E-state index contributed by atoms with van der Waals surface area (Å²) < 4.78 is 0. The first-order valence-corrected chi connectivity index (χ1v) is 3.60. The summed E-state index contributed by atoms with van der Waals surface area (Å²) in [7, 11) is 0. The van der Waals surface area contributed by atoms with E-state index in [1.807, 2.05) is 6.07 Å². The Morgan fingerprint density at radius 3 is 3.00 bits per heavy atom. The molecular weight excluding hydrogens is 152 g/mol. The van der Waals surface area contributed by atoms with Crippen molar-refractivity contribution in [3.63, 3.8) is 0 Å². The van der Waals surface area contributed by atoms with Gasteiger partial charge < -0.3 is 10.8 Å². The number of aromatic nitrogens is 1. The minimum absolute atomic E-state index is 0.130. The lowest BCUT2D eigenvalue weighted by Gasteiger charge is -2.00. The van der Waals surface area contributed by atoms with Gasteiger partial charge in [-0.15, -0.1) is 0 Å². The second-order valence-corrected chi connectivity index (χ2v) is 2.62. The maximum absolute atomic E-state index is 9.41. The van der Waals surface area contributed by atoms with Crippen molar-refractivity contribution in [2.24, 2.45) is 0 Å². The van der Waals surface area contributed by atoms with Crippen LogP contribution in [0.15, 0.2) is 30.5 Å². The summed E-state index contributed by atoms with van der Waals surface area (Å²) in [6.07, 6.45) is 1.64. The molecule has 2 aromatic rings. The zero-order valence-corrected chi connectivity index (χ0v) is 6.36. The number of phenolic OH excluding ortho intramolecular Hbond substituents is 1. The molecule has 1 aromatic carbocycles. The van der Waals surface area contributed by atoms with Gasteiger partial charge in [0.1, 0.15) is 11.3 Å². The molecule has 0 unspecified atom stereocenters. The van der Waals surface area contributed by atoms with E-state index < -0.39 is 0 Å². The number of hydrogen-bond donors (Lipinski definition) is 2. The number of phenols is 1. The highest BCUT2D eigenvalue weighted by Crippen LogP contribution is 2.24. The fourth-order valence-corrected chi connectivity index (χ4v) is 1.20. The number of aromatic hydroxyl groups is 1. The van der Waals surface area contributed by atoms with Gasteiger partial charge in [0.2, 0.25) is 0 Å². The molecular formula is C9H8N2O. The fourth-order valence-electron chi connectivity index (χ4n) is 1.20. The van der Waals surface area contributed by atoms with E-state index >= 15 is 0 Å². The van der Waals surface area contributed by atoms with Crippen molar-refractivity contribution >= 4 is 16.6 Å². The highest BCUT2D eigenvalue weighted by molar-refractivity contribution is 5.87. The second-order valence-electron chi connectivity index (χ2n) is 2.62. The molecule has 3 nitrogen and oxygen atoms in total. The molecule has 0 saturated carbocycles. The van der Waals surface area contributed by atoms with E-state index in [0.29, 0.717) is 11.2 Å². The maximum atomic E-state index is 9.41. The van der Waals surface area contributed by atoms with E-state index in [-0.39, 0.29) is 5.75 Å². The third-order valence-corrected chi connectivity index (χ3v) is 1.71. The topological polar surface area (TPSA) is 59.1 Å². The summed E-state index contributed by atoms with van der Waals surface area (Å²) in [4.78, 5) is 4.02. The maximum Gasteiger partial charge on any atom is 0.143 e. The Labute approximate surface area is 69.5 Å². The summed E-state index contributed by atoms with van der Waals surface area (Å²) in [5, 5.41) is 10.3. The Kier molecular flexibility index (Phi) is 1.37. The lowest BCUT2D eigenvalue weighted by molar-refractivity contribution is 0.480. The van der Waals surface area contributed by atoms with E-state index in [4.69, 9.17) is 5.73 Å². The van der Waals surface area contributed by atoms with Crippen LogP contribution in [0, 0.1) is 0 Å². The van der Waals surface area contributed by atoms with Crippen molar-refractivity contribution in [2.75, 3.05) is 5.73 Å². The molecule has 3 heteroatoms. The number of nitrogens with two attached hydrogens (primary N) is 1. The predicted octanol–water partition coefficient (Wildman–Crippen LogP) is 1.52. The van der Waals surface area contributed by atoms with E-state index in [1.54, 1.807) is 18.3 Å². The van der Waals surface area contributed by atoms with Gasteiger partial charge in [-0.3, -0.25) is 4.98 Å². The summed E-state index contributed by atoms with van der Waals surface area (Å²) in [5.74, 6) is 0.130. The molecule has 0 amide bonds. The van der Waals surface area contributed by atoms with E-state index in [0.717, 1.165) is 5.39 Å². The molecule has 60 valence electrons. The molecule has 1 aromatic heterocycles. The number of rotatable bonds is 0. The highest BCUT2D eigenvalue weighted by atomic mass is 16.3. The smallest absolute Gasteiger partial charge is 0.143 e. The molecule has 0 aliphatic carbocycles. The first kappa shape index (κ1) is 6.91. The van der Waals surface area contributed by atoms with E-state index in [1.165, 1.54) is 6.07 Å². The molecule has 1 heterocycles. The standard InChI is InChI=1S/C9H8N2O/c10-7-4-6-2-1-3-11-9(6)8(12)5-7/h1-5,12H,10H2. The Bertz CT molecular complexity index is 426. The number of fused-ring (bicyclic) bond motifs is 1. The lowest BCUT2D eigenvalue weighted by atomic mass is 10.2. The highest BCUT2D eigenvalue weighted by Gasteiger charge is 2.00. The Balaban J connectivity index is 2.89. The van der Waals surface area contributed by atoms with Crippen LogP contribution in [0.1, 0.15) is 0 Å². The largest absolute Gasteiger partial charge is 0.506 e. The molecule has 0 bridgehead atoms. The monoisotopic (exact) mass is 160 g/mol. The first-order chi connectivity index (χ1) is 5.77. The van der Waals surface area contributed by atoms with Crippen molar-refractivity contribution in [2.45, 2.75) is 0 Å². The normalized spacial score (nSPS) is 10.3. The predicted molar refractivity (Wildman–Crippen MR) is 47.8 cm³/mol. The summed E-state index contributed by atoms with van der Waals surface area (Å²) >= 11 is 0. The van der Waals surface area contributed by atoms with Crippen LogP contribution in [-0.2, 0) is 0 Å². The van der Waals surface area contributed by atoms with Crippen molar-refractivity contribution < 1.29 is 5.11 Å². The average Bonchev–Trinajstić information content (AvgIpc) is 2.04. The van der Waals surface area contributed by atoms with Gasteiger partial charge >= 0.3 is 0 Å². The minimum atomic E-state index is 0.130. The molecule has 3 N–H and O–H groups in total. The average molecular weight is 160 g/mol. The number of anilines is 1. The Morgan fingerprint density at radius 1 is 1.33 bits per heavy atom. The molecule has 0 radical (unpaired) electrons. The van der Waals surface area contributed by atoms with Crippen molar-refractivity contribution in [3.8, 4) is 5.75 Å². The molecule has 12 heavy (non-hydrogen) atoms. The van der Waals surface area contributed by atoms with Gasteiger partial charge in [-0.1, -0.05) is 6.07 Å². The summed E-state index contributed by atoms with van der Waals surface area (Å²) in [5.41, 5.74) is 6.68. The van der Waals surface area contributed by atoms with Crippen LogP contribution in [0.2, 0.25) is 0 Å². The SMILES string of the molecule is Nc1cc(O)c2ncccc2c1. The summed E-state index contributed by atoms with van der Waals surface area (Å²) in [6, 6.07) is 6.94. The number of benzene rings is 1. The van der Waals surface area contributed by atoms with Crippen LogP contribution in [0.3, 0.4) is 0 Å². The third kappa shape index (κ3) is 0.955. The van der Waals surface area contributed by atoms with Gasteiger partial charge in [0.15, 0.2) is 0 Å². The van der Waals surface area contributed by atoms with Gasteiger partial charge in [-0.25, -0.2) is 0 Å². The number of nitrogens with zero attached hydrogens (tertiary/aromatic N) is 1. The molecule has 0 fully saturated rings. The van der Waals surface area contributed by atoms with Crippen molar-refractivity contribution in [1.29, 1.82) is 0 Å². The Hall–Kier alpha value is -1.77. The zero-order chi connectivity index (χ0) is 8.55. The number of pyridine rings is 1. The second kappa shape index (κ2) is 2.37. The van der Waals surface area contributed by atoms with Gasteiger partial charge in [0.05, 0.1) is 0 Å². The van der Waals surface area contributed by atoms with Crippen LogP contribution < -0.4 is 5.73 Å². The first-order valence-electron chi connectivity index (χ1n) is 3.60. The van der Waals surface area contributed by atoms with Crippen LogP contribution in [0.4, 0.5) is 5.69 Å². The Morgan fingerprint density at radius 2 is 2.17 bits per heavy atom. The summed E-state index contributed by atoms with van der Waals surface area (Å²) in [6.45, 7) is 0. The van der Waals surface area contributed by atoms with Gasteiger partial charge in [-0.2, -0.15) is 0 Å². The van der Waals surface area contributed by atoms with E-state index in [9.17, 15) is 5.11 Å². The van der Waals surface area contributed by atoms with Crippen molar-refractivity contribution in [3.05, 3.63) is 30.5 Å². The van der Waals surface area contributed by atoms with Crippen LogP contribution in [0.5, 0.6) is 5.75 Å². The molecule has 0 aliphatic heterocycles. The van der Waals surface area contributed by atoms with E-state index in [2.05, 4.69) is 4.98 Å². The van der Waals surface area contributed by atoms with Crippen LogP contribution in [-0.4, -0.2) is 10.1 Å². The van der Waals surface area contributed by atoms with Gasteiger partial charge in [0, 0.05) is 23.3 Å². The molecule has 0 aliphatic rings. The number of nitrogen functional groups attached to an aromatic ring is 1. The zero-order valence-electron chi connectivity index (χ0n) is 6.36. The van der Waals surface area contributed by atoms with Gasteiger partial charge in [-0.05, 0) is 12.1 Å². The molecule has 2 rings (SSSR count). The quantitative estimate of drug-likeness (QED) is 0.574. The lowest BCUT2D eigenvalue weighted by Crippen LogP contribution is -1.85.